The molecule has 0 aromatic carbocycles. The quantitative estimate of drug-likeness (QED) is 0.484. The second kappa shape index (κ2) is 9.24. The molecule has 0 spiro atoms. The van der Waals surface area contributed by atoms with Gasteiger partial charge in [0.05, 0.1) is 18.5 Å². The summed E-state index contributed by atoms with van der Waals surface area (Å²) in [6.07, 6.45) is 0.990. The highest BCUT2D eigenvalue weighted by molar-refractivity contribution is 6.07. The third-order valence-corrected chi connectivity index (χ3v) is 0.436. The van der Waals surface area contributed by atoms with E-state index in [-0.39, 0.29) is 17.4 Å². The molecule has 38 valence electrons. The summed E-state index contributed by atoms with van der Waals surface area (Å²) in [5, 5.41) is 0. The summed E-state index contributed by atoms with van der Waals surface area (Å²) in [6.45, 7) is 2.66. The van der Waals surface area contributed by atoms with Gasteiger partial charge < -0.3 is 0 Å². The molecule has 0 saturated heterocycles. The fraction of sp³-hybridized carbons (Fsp3) is 1.00. The van der Waals surface area contributed by atoms with E-state index in [0.717, 1.165) is 6.42 Å². The maximum absolute atomic E-state index is 4.80. The van der Waals surface area contributed by atoms with E-state index >= 15 is 0 Å². The minimum atomic E-state index is 0. The van der Waals surface area contributed by atoms with Crippen molar-refractivity contribution in [3.8, 4) is 0 Å². The summed E-state index contributed by atoms with van der Waals surface area (Å²) in [6, 6.07) is 0. The van der Waals surface area contributed by atoms with Crippen LogP contribution in [0.5, 0.6) is 0 Å². The molecular formula is C3H10AlClO. The van der Waals surface area contributed by atoms with E-state index in [0.29, 0.717) is 6.61 Å². The van der Waals surface area contributed by atoms with Crippen LogP contribution >= 0.6 is 11.9 Å². The van der Waals surface area contributed by atoms with Crippen molar-refractivity contribution >= 4 is 29.2 Å². The molecule has 0 radical (unpaired) electrons. The van der Waals surface area contributed by atoms with Crippen LogP contribution in [-0.2, 0) is 4.29 Å². The van der Waals surface area contributed by atoms with E-state index in [1.807, 2.05) is 6.92 Å². The highest BCUT2D eigenvalue weighted by Crippen LogP contribution is 1.80. The molecule has 0 heterocycles. The van der Waals surface area contributed by atoms with E-state index in [1.54, 1.807) is 0 Å². The van der Waals surface area contributed by atoms with Crippen molar-refractivity contribution in [1.29, 1.82) is 0 Å². The summed E-state index contributed by atoms with van der Waals surface area (Å²) in [5.41, 5.74) is 0. The molecule has 0 atom stereocenters. The lowest BCUT2D eigenvalue weighted by Crippen LogP contribution is -1.74. The number of halogens is 1. The average Bonchev–Trinajstić information content (AvgIpc) is 1.41. The van der Waals surface area contributed by atoms with Gasteiger partial charge in [0.1, 0.15) is 0 Å². The molecule has 6 heavy (non-hydrogen) atoms. The van der Waals surface area contributed by atoms with Crippen LogP contribution in [0.25, 0.3) is 0 Å². The number of hydrogen-bond acceptors (Lipinski definition) is 1. The molecule has 0 aliphatic heterocycles. The van der Waals surface area contributed by atoms with E-state index < -0.39 is 0 Å². The predicted molar refractivity (Wildman–Crippen MR) is 32.0 cm³/mol. The van der Waals surface area contributed by atoms with Crippen LogP contribution in [0.4, 0.5) is 0 Å². The molecule has 0 unspecified atom stereocenters. The maximum atomic E-state index is 4.80. The highest BCUT2D eigenvalue weighted by atomic mass is 35.5. The predicted octanol–water partition coefficient (Wildman–Crippen LogP) is 0.383. The Hall–Kier alpha value is 0.782. The zero-order chi connectivity index (χ0) is 4.12. The number of rotatable bonds is 2. The Bertz CT molecular complexity index is 18.3. The monoisotopic (exact) mass is 124 g/mol. The molecule has 1 nitrogen and oxygen atoms in total. The zero-order valence-electron chi connectivity index (χ0n) is 3.20. The fourth-order valence-electron chi connectivity index (χ4n) is 0.0772. The molecular weight excluding hydrogens is 114 g/mol. The maximum Gasteiger partial charge on any atom is 0.187 e. The minimum Gasteiger partial charge on any atom is -0.279 e. The largest absolute Gasteiger partial charge is 0.279 e. The topological polar surface area (TPSA) is 9.23 Å². The van der Waals surface area contributed by atoms with Crippen LogP contribution < -0.4 is 0 Å². The molecule has 0 aliphatic carbocycles. The van der Waals surface area contributed by atoms with E-state index in [1.165, 1.54) is 0 Å². The van der Waals surface area contributed by atoms with Gasteiger partial charge in [-0.15, -0.1) is 0 Å². The molecule has 0 rings (SSSR count). The van der Waals surface area contributed by atoms with Crippen LogP contribution in [0.2, 0.25) is 0 Å². The Kier molecular flexibility index (Phi) is 15.3. The van der Waals surface area contributed by atoms with Crippen molar-refractivity contribution in [3.05, 3.63) is 0 Å². The Morgan fingerprint density at radius 1 is 1.67 bits per heavy atom. The SMILES string of the molecule is CCCOCl.[AlH3]. The first-order valence-electron chi connectivity index (χ1n) is 1.65. The fourth-order valence-corrected chi connectivity index (χ4v) is 0.231. The molecule has 0 aromatic rings. The highest BCUT2D eigenvalue weighted by Gasteiger charge is 1.69. The van der Waals surface area contributed by atoms with Crippen LogP contribution in [-0.4, -0.2) is 24.0 Å². The van der Waals surface area contributed by atoms with Crippen LogP contribution in [0.1, 0.15) is 13.3 Å². The summed E-state index contributed by atoms with van der Waals surface area (Å²) in [5.74, 6) is 0. The van der Waals surface area contributed by atoms with Crippen molar-refractivity contribution in [3.63, 3.8) is 0 Å². The van der Waals surface area contributed by atoms with Gasteiger partial charge in [0.25, 0.3) is 0 Å². The Labute approximate surface area is 53.9 Å². The molecule has 0 bridgehead atoms. The van der Waals surface area contributed by atoms with Crippen molar-refractivity contribution in [2.45, 2.75) is 13.3 Å². The third-order valence-electron chi connectivity index (χ3n) is 0.281. The molecule has 0 aliphatic rings. The summed E-state index contributed by atoms with van der Waals surface area (Å²) >= 11 is 4.80. The first-order valence-corrected chi connectivity index (χ1v) is 1.96. The van der Waals surface area contributed by atoms with Crippen molar-refractivity contribution in [2.24, 2.45) is 0 Å². The first-order chi connectivity index (χ1) is 2.41. The van der Waals surface area contributed by atoms with Gasteiger partial charge in [0.2, 0.25) is 0 Å². The van der Waals surface area contributed by atoms with Crippen LogP contribution in [0, 0.1) is 0 Å². The lowest BCUT2D eigenvalue weighted by Gasteiger charge is -1.80. The summed E-state index contributed by atoms with van der Waals surface area (Å²) in [7, 11) is 0. The normalized spacial score (nSPS) is 7.00. The van der Waals surface area contributed by atoms with E-state index in [2.05, 4.69) is 4.29 Å². The standard InChI is InChI=1S/C3H7ClO.Al.3H/c1-2-3-5-4;;;;/h2-3H2,1H3;;;;. The molecule has 0 amide bonds. The van der Waals surface area contributed by atoms with Gasteiger partial charge in [0.15, 0.2) is 17.4 Å². The van der Waals surface area contributed by atoms with Crippen molar-refractivity contribution in [1.82, 2.24) is 0 Å². The molecule has 0 fully saturated rings. The average molecular weight is 125 g/mol. The van der Waals surface area contributed by atoms with Gasteiger partial charge in [-0.1, -0.05) is 6.92 Å². The summed E-state index contributed by atoms with van der Waals surface area (Å²) in [4.78, 5) is 0. The Balaban J connectivity index is 0. The first kappa shape index (κ1) is 9.92. The van der Waals surface area contributed by atoms with Crippen LogP contribution in [0.15, 0.2) is 0 Å². The molecule has 0 saturated carbocycles. The van der Waals surface area contributed by atoms with Crippen molar-refractivity contribution in [2.75, 3.05) is 6.61 Å². The molecule has 0 N–H and O–H groups in total. The van der Waals surface area contributed by atoms with Gasteiger partial charge in [-0.3, -0.25) is 4.29 Å². The molecule has 0 aromatic heterocycles. The van der Waals surface area contributed by atoms with Crippen molar-refractivity contribution < 1.29 is 4.29 Å². The Morgan fingerprint density at radius 2 is 2.17 bits per heavy atom. The second-order valence-electron chi connectivity index (χ2n) is 0.813. The lowest BCUT2D eigenvalue weighted by molar-refractivity contribution is 0.351. The van der Waals surface area contributed by atoms with E-state index in [9.17, 15) is 0 Å². The molecule has 3 heteroatoms. The Morgan fingerprint density at radius 3 is 2.17 bits per heavy atom. The van der Waals surface area contributed by atoms with Gasteiger partial charge in [0, 0.05) is 0 Å². The van der Waals surface area contributed by atoms with Gasteiger partial charge in [-0.25, -0.2) is 0 Å². The lowest BCUT2D eigenvalue weighted by atomic mass is 10.5. The third kappa shape index (κ3) is 8.84. The zero-order valence-corrected chi connectivity index (χ0v) is 3.96. The van der Waals surface area contributed by atoms with Gasteiger partial charge >= 0.3 is 0 Å². The smallest absolute Gasteiger partial charge is 0.187 e. The van der Waals surface area contributed by atoms with E-state index in [4.69, 9.17) is 11.9 Å². The number of hydrogen-bond donors (Lipinski definition) is 0. The summed E-state index contributed by atoms with van der Waals surface area (Å²) < 4.78 is 4.16. The minimum absolute atomic E-state index is 0. The van der Waals surface area contributed by atoms with Crippen LogP contribution in [0.3, 0.4) is 0 Å². The van der Waals surface area contributed by atoms with Gasteiger partial charge in [-0.05, 0) is 6.42 Å². The second-order valence-corrected chi connectivity index (χ2v) is 1.03. The van der Waals surface area contributed by atoms with Gasteiger partial charge in [-0.2, -0.15) is 0 Å².